The van der Waals surface area contributed by atoms with Gasteiger partial charge in [0.25, 0.3) is 5.82 Å². The van der Waals surface area contributed by atoms with Crippen LogP contribution in [-0.4, -0.2) is 9.78 Å². The maximum atomic E-state index is 7.25. The molecular formula is C15H9Cl2N3. The van der Waals surface area contributed by atoms with Gasteiger partial charge in [-0.05, 0) is 12.1 Å². The van der Waals surface area contributed by atoms with Crippen LogP contribution in [-0.2, 0) is 7.05 Å². The second-order valence-electron chi connectivity index (χ2n) is 4.38. The van der Waals surface area contributed by atoms with Crippen molar-refractivity contribution in [2.45, 2.75) is 0 Å². The molecule has 0 bridgehead atoms. The van der Waals surface area contributed by atoms with Gasteiger partial charge in [0.15, 0.2) is 0 Å². The topological polar surface area (TPSA) is 22.2 Å². The lowest BCUT2D eigenvalue weighted by Crippen LogP contribution is -1.88. The van der Waals surface area contributed by atoms with E-state index < -0.39 is 0 Å². The molecule has 0 radical (unpaired) electrons. The molecule has 0 saturated carbocycles. The molecule has 0 saturated heterocycles. The van der Waals surface area contributed by atoms with Gasteiger partial charge in [0.05, 0.1) is 7.05 Å². The molecule has 3 rings (SSSR count). The smallest absolute Gasteiger partial charge is 0.259 e. The van der Waals surface area contributed by atoms with E-state index in [4.69, 9.17) is 29.8 Å². The zero-order chi connectivity index (χ0) is 14.3. The first-order valence-corrected chi connectivity index (χ1v) is 6.66. The van der Waals surface area contributed by atoms with Crippen LogP contribution in [0.2, 0.25) is 10.0 Å². The number of aryl methyl sites for hydroxylation is 1. The van der Waals surface area contributed by atoms with Crippen LogP contribution in [0.1, 0.15) is 0 Å². The van der Waals surface area contributed by atoms with Gasteiger partial charge in [0.1, 0.15) is 5.52 Å². The van der Waals surface area contributed by atoms with Crippen molar-refractivity contribution in [3.05, 3.63) is 57.9 Å². The third-order valence-electron chi connectivity index (χ3n) is 3.16. The summed E-state index contributed by atoms with van der Waals surface area (Å²) in [5, 5.41) is 6.42. The molecule has 0 fully saturated rings. The number of fused-ring (bicyclic) bond motifs is 1. The monoisotopic (exact) mass is 301 g/mol. The van der Waals surface area contributed by atoms with E-state index in [9.17, 15) is 0 Å². The fourth-order valence-corrected chi connectivity index (χ4v) is 2.77. The molecule has 1 aromatic heterocycles. The van der Waals surface area contributed by atoms with E-state index in [1.807, 2.05) is 24.3 Å². The quantitative estimate of drug-likeness (QED) is 0.573. The molecule has 5 heteroatoms. The van der Waals surface area contributed by atoms with Crippen LogP contribution < -0.4 is 0 Å². The average Bonchev–Trinajstić information content (AvgIpc) is 2.74. The molecule has 0 aliphatic carbocycles. The summed E-state index contributed by atoms with van der Waals surface area (Å²) < 4.78 is 1.59. The molecule has 98 valence electrons. The fraction of sp³-hybridized carbons (Fsp3) is 0.0667. The molecule has 0 unspecified atom stereocenters. The Kier molecular flexibility index (Phi) is 3.13. The van der Waals surface area contributed by atoms with Crippen molar-refractivity contribution in [2.75, 3.05) is 0 Å². The highest BCUT2D eigenvalue weighted by Gasteiger charge is 2.15. The highest BCUT2D eigenvalue weighted by atomic mass is 35.5. The van der Waals surface area contributed by atoms with E-state index in [0.29, 0.717) is 15.9 Å². The number of aromatic nitrogens is 2. The maximum absolute atomic E-state index is 7.25. The van der Waals surface area contributed by atoms with E-state index in [2.05, 4.69) is 9.94 Å². The lowest BCUT2D eigenvalue weighted by atomic mass is 10.0. The van der Waals surface area contributed by atoms with Gasteiger partial charge in [0, 0.05) is 26.6 Å². The number of rotatable bonds is 1. The number of nitrogens with zero attached hydrogens (tertiary/aromatic N) is 3. The summed E-state index contributed by atoms with van der Waals surface area (Å²) in [6, 6.07) is 11.1. The third-order valence-corrected chi connectivity index (χ3v) is 3.71. The van der Waals surface area contributed by atoms with E-state index in [1.165, 1.54) is 0 Å². The number of halogens is 2. The van der Waals surface area contributed by atoms with Gasteiger partial charge >= 0.3 is 0 Å². The molecule has 0 atom stereocenters. The lowest BCUT2D eigenvalue weighted by Gasteiger charge is -2.05. The molecule has 0 aliphatic rings. The van der Waals surface area contributed by atoms with E-state index in [1.54, 1.807) is 23.9 Å². The molecule has 20 heavy (non-hydrogen) atoms. The normalized spacial score (nSPS) is 10.7. The van der Waals surface area contributed by atoms with Crippen LogP contribution in [0.4, 0.5) is 5.82 Å². The van der Waals surface area contributed by atoms with Crippen LogP contribution in [0.15, 0.2) is 36.4 Å². The van der Waals surface area contributed by atoms with Gasteiger partial charge in [-0.3, -0.25) is 0 Å². The molecule has 3 nitrogen and oxygen atoms in total. The summed E-state index contributed by atoms with van der Waals surface area (Å²) in [5.41, 5.74) is 2.52. The van der Waals surface area contributed by atoms with Gasteiger partial charge in [-0.15, -0.1) is 5.10 Å². The zero-order valence-electron chi connectivity index (χ0n) is 10.6. The predicted molar refractivity (Wildman–Crippen MR) is 82.4 cm³/mol. The first kappa shape index (κ1) is 13.0. The molecule has 3 aromatic rings. The van der Waals surface area contributed by atoms with Crippen LogP contribution in [0.5, 0.6) is 0 Å². The van der Waals surface area contributed by atoms with Gasteiger partial charge in [-0.25, -0.2) is 0 Å². The predicted octanol–water partition coefficient (Wildman–Crippen LogP) is 5.10. The Labute approximate surface area is 126 Å². The van der Waals surface area contributed by atoms with E-state index >= 15 is 0 Å². The second-order valence-corrected chi connectivity index (χ2v) is 5.23. The van der Waals surface area contributed by atoms with E-state index in [0.717, 1.165) is 22.0 Å². The van der Waals surface area contributed by atoms with Crippen LogP contribution in [0.3, 0.4) is 0 Å². The minimum atomic E-state index is 0.520. The summed E-state index contributed by atoms with van der Waals surface area (Å²) in [7, 11) is 1.76. The summed E-state index contributed by atoms with van der Waals surface area (Å²) in [4.78, 5) is 3.53. The average molecular weight is 302 g/mol. The highest BCUT2D eigenvalue weighted by molar-refractivity contribution is 6.36. The van der Waals surface area contributed by atoms with Crippen molar-refractivity contribution in [1.82, 2.24) is 9.78 Å². The Bertz CT molecular complexity index is 859. The van der Waals surface area contributed by atoms with Gasteiger partial charge in [0.2, 0.25) is 0 Å². The molecule has 0 N–H and O–H groups in total. The minimum Gasteiger partial charge on any atom is -0.362 e. The number of hydrogen-bond donors (Lipinski definition) is 0. The Hall–Kier alpha value is -2.02. The molecule has 1 heterocycles. The van der Waals surface area contributed by atoms with Gasteiger partial charge in [-0.2, -0.15) is 4.68 Å². The largest absolute Gasteiger partial charge is 0.362 e. The maximum Gasteiger partial charge on any atom is 0.259 e. The Morgan fingerprint density at radius 3 is 2.65 bits per heavy atom. The molecule has 0 spiro atoms. The van der Waals surface area contributed by atoms with Crippen molar-refractivity contribution in [2.24, 2.45) is 7.05 Å². The SMILES string of the molecule is [C-]#[N+]c1c2cccc(-c3ccc(Cl)cc3Cl)c2nn1C. The molecule has 2 aromatic carbocycles. The van der Waals surface area contributed by atoms with Gasteiger partial charge < -0.3 is 4.85 Å². The van der Waals surface area contributed by atoms with Crippen LogP contribution >= 0.6 is 23.2 Å². The lowest BCUT2D eigenvalue weighted by molar-refractivity contribution is 0.795. The van der Waals surface area contributed by atoms with Crippen LogP contribution in [0.25, 0.3) is 26.9 Å². The van der Waals surface area contributed by atoms with Crippen molar-refractivity contribution in [3.63, 3.8) is 0 Å². The van der Waals surface area contributed by atoms with Crippen molar-refractivity contribution < 1.29 is 0 Å². The molecule has 0 aliphatic heterocycles. The van der Waals surface area contributed by atoms with Crippen molar-refractivity contribution >= 4 is 39.9 Å². The Morgan fingerprint density at radius 2 is 1.95 bits per heavy atom. The Balaban J connectivity index is 2.35. The highest BCUT2D eigenvalue weighted by Crippen LogP contribution is 2.37. The Morgan fingerprint density at radius 1 is 1.15 bits per heavy atom. The number of hydrogen-bond acceptors (Lipinski definition) is 1. The zero-order valence-corrected chi connectivity index (χ0v) is 12.1. The summed E-state index contributed by atoms with van der Waals surface area (Å²) >= 11 is 12.2. The summed E-state index contributed by atoms with van der Waals surface area (Å²) in [6.07, 6.45) is 0. The molecule has 0 amide bonds. The first-order valence-electron chi connectivity index (χ1n) is 5.90. The number of benzene rings is 2. The fourth-order valence-electron chi connectivity index (χ4n) is 2.26. The standard InChI is InChI=1S/C15H9Cl2N3/c1-18-15-12-5-3-4-11(14(12)19-20(15)2)10-7-6-9(16)8-13(10)17/h3-8H,2H3. The van der Waals surface area contributed by atoms with Gasteiger partial charge in [-0.1, -0.05) is 54.0 Å². The van der Waals surface area contributed by atoms with Crippen molar-refractivity contribution in [1.29, 1.82) is 0 Å². The summed E-state index contributed by atoms with van der Waals surface area (Å²) in [6.45, 7) is 7.25. The third kappa shape index (κ3) is 1.94. The van der Waals surface area contributed by atoms with Crippen LogP contribution in [0, 0.1) is 6.57 Å². The van der Waals surface area contributed by atoms with E-state index in [-0.39, 0.29) is 0 Å². The van der Waals surface area contributed by atoms with Crippen molar-refractivity contribution in [3.8, 4) is 11.1 Å². The first-order chi connectivity index (χ1) is 9.61. The second kappa shape index (κ2) is 4.82. The summed E-state index contributed by atoms with van der Waals surface area (Å²) in [5.74, 6) is 0.520. The minimum absolute atomic E-state index is 0.520. The molecular weight excluding hydrogens is 293 g/mol.